The maximum Gasteiger partial charge on any atom is 0.128 e. The molecule has 0 saturated heterocycles. The molecule has 0 aliphatic carbocycles. The molecule has 0 aromatic heterocycles. The van der Waals surface area contributed by atoms with Crippen LogP contribution in [-0.2, 0) is 21.7 Å². The van der Waals surface area contributed by atoms with E-state index in [1.165, 1.54) is 11.1 Å². The number of nitrogens with zero attached hydrogens (tertiary/aromatic N) is 2. The molecule has 1 unspecified atom stereocenters. The minimum Gasteiger partial charge on any atom is -0.507 e. The molecule has 59 heavy (non-hydrogen) atoms. The number of hydrogen-bond donors (Lipinski definition) is 2. The molecule has 0 bridgehead atoms. The van der Waals surface area contributed by atoms with Crippen LogP contribution in [0.5, 0.6) is 11.5 Å². The summed E-state index contributed by atoms with van der Waals surface area (Å²) in [5.41, 5.74) is 8.54. The predicted molar refractivity (Wildman–Crippen MR) is 249 cm³/mol. The van der Waals surface area contributed by atoms with Crippen LogP contribution in [0.4, 0.5) is 0 Å². The van der Waals surface area contributed by atoms with Crippen LogP contribution in [0.3, 0.4) is 0 Å². The Bertz CT molecular complexity index is 2380. The van der Waals surface area contributed by atoms with E-state index >= 15 is 0 Å². The third-order valence-corrected chi connectivity index (χ3v) is 12.8. The molecule has 0 radical (unpaired) electrons. The van der Waals surface area contributed by atoms with Gasteiger partial charge in [-0.05, 0) is 58.4 Å². The lowest BCUT2D eigenvalue weighted by Gasteiger charge is -2.32. The minimum atomic E-state index is -0.453. The summed E-state index contributed by atoms with van der Waals surface area (Å²) in [7, 11) is 0. The van der Waals surface area contributed by atoms with E-state index in [4.69, 9.17) is 9.98 Å². The average molecular weight is 783 g/mol. The van der Waals surface area contributed by atoms with E-state index in [0.29, 0.717) is 17.7 Å². The molecule has 0 spiro atoms. The van der Waals surface area contributed by atoms with E-state index in [1.54, 1.807) is 0 Å². The van der Waals surface area contributed by atoms with Gasteiger partial charge in [0.2, 0.25) is 0 Å². The number of aromatic hydroxyl groups is 2. The zero-order valence-corrected chi connectivity index (χ0v) is 36.5. The van der Waals surface area contributed by atoms with Crippen LogP contribution in [0.15, 0.2) is 156 Å². The van der Waals surface area contributed by atoms with Gasteiger partial charge in [0.15, 0.2) is 0 Å². The first-order valence-electron chi connectivity index (χ1n) is 21.1. The maximum atomic E-state index is 12.0. The summed E-state index contributed by atoms with van der Waals surface area (Å²) in [6, 6.07) is 50.4. The van der Waals surface area contributed by atoms with Crippen LogP contribution in [0.1, 0.15) is 131 Å². The first-order chi connectivity index (χ1) is 28.1. The quantitative estimate of drug-likeness (QED) is 0.102. The molecule has 0 aliphatic rings. The van der Waals surface area contributed by atoms with E-state index in [0.717, 1.165) is 46.2 Å². The van der Waals surface area contributed by atoms with Gasteiger partial charge in [0.1, 0.15) is 11.5 Å². The highest BCUT2D eigenvalue weighted by atomic mass is 16.3. The van der Waals surface area contributed by atoms with Gasteiger partial charge in [-0.15, -0.1) is 0 Å². The molecule has 4 nitrogen and oxygen atoms in total. The molecule has 6 aromatic rings. The van der Waals surface area contributed by atoms with Crippen molar-refractivity contribution in [2.75, 3.05) is 6.54 Å². The largest absolute Gasteiger partial charge is 0.507 e. The number of phenols is 2. The van der Waals surface area contributed by atoms with Crippen LogP contribution in [0, 0.1) is 0 Å². The summed E-state index contributed by atoms with van der Waals surface area (Å²) in [6.45, 7) is 20.3. The number of aliphatic imine (C=N–C) groups is 2. The molecule has 2 N–H and O–H groups in total. The first-order valence-corrected chi connectivity index (χ1v) is 21.1. The first kappa shape index (κ1) is 42.9. The Hall–Kier alpha value is -5.74. The fourth-order valence-corrected chi connectivity index (χ4v) is 8.21. The van der Waals surface area contributed by atoms with Crippen LogP contribution < -0.4 is 0 Å². The zero-order chi connectivity index (χ0) is 42.4. The lowest BCUT2D eigenvalue weighted by Crippen LogP contribution is -2.24. The molecular formula is C55H62N2O2. The van der Waals surface area contributed by atoms with Gasteiger partial charge in [-0.1, -0.05) is 196 Å². The Morgan fingerprint density at radius 3 is 1.15 bits per heavy atom. The lowest BCUT2D eigenvalue weighted by atomic mass is 9.72. The van der Waals surface area contributed by atoms with Crippen molar-refractivity contribution >= 4 is 12.4 Å². The highest BCUT2D eigenvalue weighted by Crippen LogP contribution is 2.44. The summed E-state index contributed by atoms with van der Waals surface area (Å²) in [4.78, 5) is 9.99. The van der Waals surface area contributed by atoms with Crippen molar-refractivity contribution in [2.45, 2.75) is 103 Å². The number of rotatable bonds is 15. The Morgan fingerprint density at radius 2 is 0.797 bits per heavy atom. The van der Waals surface area contributed by atoms with Gasteiger partial charge in [-0.3, -0.25) is 9.98 Å². The van der Waals surface area contributed by atoms with Crippen LogP contribution >= 0.6 is 0 Å². The third kappa shape index (κ3) is 9.13. The summed E-state index contributed by atoms with van der Waals surface area (Å²) in [6.07, 6.45) is 5.24. The highest BCUT2D eigenvalue weighted by Gasteiger charge is 2.33. The minimum absolute atomic E-state index is 0.00700. The molecule has 0 aliphatic heterocycles. The Morgan fingerprint density at radius 1 is 0.458 bits per heavy atom. The molecule has 0 fully saturated rings. The standard InChI is InChI=1S/C55H62N2O2/c1-10-47(57-38-40-34-46(53(4,5)42-25-17-12-18-26-42)36-49(51(40)59)55(8,9)44-29-21-14-22-30-44)31-32-56-37-39-33-45(52(2,3)41-23-15-11-16-24-41)35-48(50(39)58)54(6,7)43-27-19-13-20-28-43/h11-30,33-38,47,58-59H,10,31-32H2,1-9H3. The number of benzene rings is 6. The Labute approximate surface area is 353 Å². The fraction of sp³-hybridized carbons (Fsp3) is 0.309. The van der Waals surface area contributed by atoms with Gasteiger partial charge in [0.05, 0.1) is 6.04 Å². The number of phenolic OH excluding ortho intramolecular Hbond substituents is 2. The van der Waals surface area contributed by atoms with Crippen molar-refractivity contribution in [3.63, 3.8) is 0 Å². The van der Waals surface area contributed by atoms with Gasteiger partial charge in [0.25, 0.3) is 0 Å². The van der Waals surface area contributed by atoms with Crippen molar-refractivity contribution in [2.24, 2.45) is 9.98 Å². The molecule has 6 aromatic carbocycles. The Kier molecular flexibility index (Phi) is 12.8. The van der Waals surface area contributed by atoms with Gasteiger partial charge < -0.3 is 10.2 Å². The maximum absolute atomic E-state index is 12.0. The molecule has 0 saturated carbocycles. The van der Waals surface area contributed by atoms with Crippen LogP contribution in [0.2, 0.25) is 0 Å². The summed E-state index contributed by atoms with van der Waals surface area (Å²) in [5, 5.41) is 23.9. The van der Waals surface area contributed by atoms with Crippen molar-refractivity contribution in [3.8, 4) is 11.5 Å². The average Bonchev–Trinajstić information content (AvgIpc) is 3.25. The molecule has 0 heterocycles. The number of hydrogen-bond acceptors (Lipinski definition) is 4. The molecule has 1 atom stereocenters. The predicted octanol–water partition coefficient (Wildman–Crippen LogP) is 13.1. The SMILES string of the molecule is CCC(CCN=Cc1cc(C(C)(C)c2ccccc2)cc(C(C)(C)c2ccccc2)c1O)N=Cc1cc(C(C)(C)c2ccccc2)cc(C(C)(C)c2ccccc2)c1O. The highest BCUT2D eigenvalue weighted by molar-refractivity contribution is 5.86. The van der Waals surface area contributed by atoms with Crippen molar-refractivity contribution in [3.05, 3.63) is 201 Å². The molecule has 304 valence electrons. The van der Waals surface area contributed by atoms with E-state index in [2.05, 4.69) is 184 Å². The summed E-state index contributed by atoms with van der Waals surface area (Å²) >= 11 is 0. The second-order valence-electron chi connectivity index (χ2n) is 18.1. The monoisotopic (exact) mass is 782 g/mol. The topological polar surface area (TPSA) is 65.2 Å². The lowest BCUT2D eigenvalue weighted by molar-refractivity contribution is 0.450. The summed E-state index contributed by atoms with van der Waals surface area (Å²) < 4.78 is 0. The van der Waals surface area contributed by atoms with Crippen molar-refractivity contribution < 1.29 is 10.2 Å². The third-order valence-electron chi connectivity index (χ3n) is 12.8. The van der Waals surface area contributed by atoms with Crippen molar-refractivity contribution in [1.82, 2.24) is 0 Å². The van der Waals surface area contributed by atoms with E-state index in [9.17, 15) is 10.2 Å². The van der Waals surface area contributed by atoms with Gasteiger partial charge in [-0.25, -0.2) is 0 Å². The smallest absolute Gasteiger partial charge is 0.128 e. The second kappa shape index (κ2) is 17.6. The molecular weight excluding hydrogens is 721 g/mol. The summed E-state index contributed by atoms with van der Waals surface area (Å²) in [5.74, 6) is 0.509. The molecule has 6 rings (SSSR count). The molecule has 0 amide bonds. The van der Waals surface area contributed by atoms with E-state index in [1.807, 2.05) is 36.7 Å². The van der Waals surface area contributed by atoms with Gasteiger partial charge in [0, 0.05) is 62.9 Å². The van der Waals surface area contributed by atoms with Gasteiger partial charge in [-0.2, -0.15) is 0 Å². The zero-order valence-electron chi connectivity index (χ0n) is 36.5. The van der Waals surface area contributed by atoms with Gasteiger partial charge >= 0.3 is 0 Å². The van der Waals surface area contributed by atoms with Crippen molar-refractivity contribution in [1.29, 1.82) is 0 Å². The van der Waals surface area contributed by atoms with E-state index < -0.39 is 10.8 Å². The van der Waals surface area contributed by atoms with Crippen LogP contribution in [0.25, 0.3) is 0 Å². The van der Waals surface area contributed by atoms with E-state index in [-0.39, 0.29) is 28.4 Å². The normalized spacial score (nSPS) is 13.3. The fourth-order valence-electron chi connectivity index (χ4n) is 8.21. The Balaban J connectivity index is 1.31. The van der Waals surface area contributed by atoms with Crippen LogP contribution in [-0.4, -0.2) is 35.2 Å². The molecule has 4 heteroatoms. The second-order valence-corrected chi connectivity index (χ2v) is 18.1.